The molecule has 0 amide bonds. The van der Waals surface area contributed by atoms with Gasteiger partial charge in [0.2, 0.25) is 0 Å². The van der Waals surface area contributed by atoms with Crippen LogP contribution in [0.3, 0.4) is 0 Å². The zero-order chi connectivity index (χ0) is 23.5. The number of aryl methyl sites for hydroxylation is 1. The highest BCUT2D eigenvalue weighted by molar-refractivity contribution is 6.03. The van der Waals surface area contributed by atoms with Crippen LogP contribution in [0.5, 0.6) is 0 Å². The molecule has 4 nitrogen and oxygen atoms in total. The highest BCUT2D eigenvalue weighted by Crippen LogP contribution is 2.54. The third-order valence-electron chi connectivity index (χ3n) is 8.02. The van der Waals surface area contributed by atoms with Crippen molar-refractivity contribution in [2.75, 3.05) is 5.32 Å². The fourth-order valence-electron chi connectivity index (χ4n) is 6.61. The molecule has 2 aliphatic carbocycles. The molecule has 0 bridgehead atoms. The number of ketones is 1. The van der Waals surface area contributed by atoms with E-state index in [4.69, 9.17) is 4.98 Å². The molecule has 2 aromatic heterocycles. The first-order chi connectivity index (χ1) is 16.4. The topological polar surface area (TPSA) is 54.9 Å². The van der Waals surface area contributed by atoms with E-state index in [1.54, 1.807) is 0 Å². The van der Waals surface area contributed by atoms with Crippen LogP contribution < -0.4 is 5.32 Å². The minimum Gasteiger partial charge on any atom is -0.343 e. The van der Waals surface area contributed by atoms with Gasteiger partial charge in [-0.1, -0.05) is 45.0 Å². The second-order valence-corrected chi connectivity index (χ2v) is 10.8. The van der Waals surface area contributed by atoms with Gasteiger partial charge in [-0.15, -0.1) is 0 Å². The quantitative estimate of drug-likeness (QED) is 0.503. The zero-order valence-electron chi connectivity index (χ0n) is 20.2. The molecule has 0 unspecified atom stereocenters. The fourth-order valence-corrected chi connectivity index (χ4v) is 6.61. The molecule has 1 atom stereocenters. The molecule has 0 saturated carbocycles. The summed E-state index contributed by atoms with van der Waals surface area (Å²) in [6.07, 6.45) is 9.32. The second-order valence-electron chi connectivity index (χ2n) is 10.8. The molecule has 0 spiro atoms. The molecule has 0 radical (unpaired) electrons. The lowest BCUT2D eigenvalue weighted by atomic mass is 9.59. The van der Waals surface area contributed by atoms with Gasteiger partial charge in [0.05, 0.1) is 5.41 Å². The number of nitrogens with zero attached hydrogens (tertiary/aromatic N) is 2. The summed E-state index contributed by atoms with van der Waals surface area (Å²) in [6.45, 7) is 6.57. The van der Waals surface area contributed by atoms with E-state index in [0.717, 1.165) is 48.3 Å². The van der Waals surface area contributed by atoms with Gasteiger partial charge in [-0.25, -0.2) is 4.98 Å². The first-order valence-electron chi connectivity index (χ1n) is 12.5. The summed E-state index contributed by atoms with van der Waals surface area (Å²) < 4.78 is 0. The average Bonchev–Trinajstić information content (AvgIpc) is 3.31. The largest absolute Gasteiger partial charge is 0.343 e. The van der Waals surface area contributed by atoms with Crippen LogP contribution in [0.15, 0.2) is 66.1 Å². The Bertz CT molecular complexity index is 1350. The molecule has 4 heteroatoms. The first kappa shape index (κ1) is 21.3. The number of benzene rings is 1. The van der Waals surface area contributed by atoms with Gasteiger partial charge in [0, 0.05) is 41.3 Å². The van der Waals surface area contributed by atoms with Crippen molar-refractivity contribution in [2.24, 2.45) is 5.41 Å². The number of rotatable bonds is 3. The molecule has 34 heavy (non-hydrogen) atoms. The van der Waals surface area contributed by atoms with Crippen molar-refractivity contribution in [1.29, 1.82) is 0 Å². The molecule has 3 heterocycles. The second kappa shape index (κ2) is 7.63. The number of anilines is 1. The van der Waals surface area contributed by atoms with Crippen LogP contribution in [0.2, 0.25) is 0 Å². The molecular formula is C30H31N3O. The Hall–Kier alpha value is -3.27. The van der Waals surface area contributed by atoms with Crippen LogP contribution in [0, 0.1) is 5.41 Å². The number of hydrogen-bond donors (Lipinski definition) is 1. The van der Waals surface area contributed by atoms with Gasteiger partial charge >= 0.3 is 0 Å². The SMILES string of the molecule is CC[C@@]1(c2cccc(-c3ccnc4c3CCC4)c2)C2=C(CC(C)(C)CC2=O)Nc2ncccc21. The molecule has 6 rings (SSSR count). The summed E-state index contributed by atoms with van der Waals surface area (Å²) in [7, 11) is 0. The number of Topliss-reactive ketones (excluding diaryl/α,β-unsaturated/α-hetero) is 1. The van der Waals surface area contributed by atoms with Gasteiger partial charge in [0.25, 0.3) is 0 Å². The molecule has 3 aliphatic rings. The van der Waals surface area contributed by atoms with Crippen LogP contribution in [0.25, 0.3) is 11.1 Å². The molecule has 3 aromatic rings. The van der Waals surface area contributed by atoms with Gasteiger partial charge in [-0.05, 0) is 78.0 Å². The summed E-state index contributed by atoms with van der Waals surface area (Å²) in [6, 6.07) is 15.2. The third kappa shape index (κ3) is 3.08. The van der Waals surface area contributed by atoms with Crippen molar-refractivity contribution in [2.45, 2.75) is 64.7 Å². The Morgan fingerprint density at radius 2 is 1.88 bits per heavy atom. The Morgan fingerprint density at radius 3 is 2.74 bits per heavy atom. The molecule has 172 valence electrons. The van der Waals surface area contributed by atoms with Crippen LogP contribution in [-0.2, 0) is 23.1 Å². The summed E-state index contributed by atoms with van der Waals surface area (Å²) in [5, 5.41) is 3.56. The van der Waals surface area contributed by atoms with Gasteiger partial charge in [0.15, 0.2) is 5.78 Å². The predicted octanol–water partition coefficient (Wildman–Crippen LogP) is 6.40. The summed E-state index contributed by atoms with van der Waals surface area (Å²) in [4.78, 5) is 23.1. The van der Waals surface area contributed by atoms with Gasteiger partial charge < -0.3 is 5.32 Å². The van der Waals surface area contributed by atoms with Crippen molar-refractivity contribution >= 4 is 11.6 Å². The Kier molecular flexibility index (Phi) is 4.77. The maximum Gasteiger partial charge on any atom is 0.162 e. The maximum atomic E-state index is 13.8. The lowest BCUT2D eigenvalue weighted by molar-refractivity contribution is -0.118. The standard InChI is InChI=1S/C30H31N3O/c1-4-30(20-9-5-8-19(16-20)21-13-15-31-24-12-6-10-22(21)24)23-11-7-14-32-28(23)33-25-17-29(2,3)18-26(34)27(25)30/h5,7-9,11,13-16H,4,6,10,12,17-18H2,1-3H3,(H,32,33)/t30-/m0/s1. The van der Waals surface area contributed by atoms with E-state index in [0.29, 0.717) is 6.42 Å². The Balaban J connectivity index is 1.60. The van der Waals surface area contributed by atoms with Crippen LogP contribution in [-0.4, -0.2) is 15.8 Å². The number of aromatic nitrogens is 2. The Morgan fingerprint density at radius 1 is 1.00 bits per heavy atom. The predicted molar refractivity (Wildman–Crippen MR) is 136 cm³/mol. The minimum absolute atomic E-state index is 0.0614. The first-order valence-corrected chi connectivity index (χ1v) is 12.5. The summed E-state index contributed by atoms with van der Waals surface area (Å²) in [5.74, 6) is 1.13. The molecule has 0 saturated heterocycles. The number of carbonyl (C=O) groups excluding carboxylic acids is 1. The van der Waals surface area contributed by atoms with Crippen molar-refractivity contribution in [3.8, 4) is 11.1 Å². The number of pyridine rings is 2. The summed E-state index contributed by atoms with van der Waals surface area (Å²) >= 11 is 0. The van der Waals surface area contributed by atoms with E-state index < -0.39 is 5.41 Å². The molecule has 0 fully saturated rings. The third-order valence-corrected chi connectivity index (χ3v) is 8.02. The zero-order valence-corrected chi connectivity index (χ0v) is 20.2. The number of nitrogens with one attached hydrogen (secondary N) is 1. The van der Waals surface area contributed by atoms with E-state index in [1.807, 2.05) is 18.5 Å². The molecule has 1 aliphatic heterocycles. The maximum absolute atomic E-state index is 13.8. The van der Waals surface area contributed by atoms with Crippen molar-refractivity contribution in [1.82, 2.24) is 9.97 Å². The normalized spacial score (nSPS) is 22.6. The van der Waals surface area contributed by atoms with E-state index in [-0.39, 0.29) is 11.2 Å². The van der Waals surface area contributed by atoms with E-state index >= 15 is 0 Å². The van der Waals surface area contributed by atoms with Crippen LogP contribution >= 0.6 is 0 Å². The number of carbonyl (C=O) groups is 1. The monoisotopic (exact) mass is 449 g/mol. The van der Waals surface area contributed by atoms with Gasteiger partial charge in [0.1, 0.15) is 5.82 Å². The van der Waals surface area contributed by atoms with Gasteiger partial charge in [-0.2, -0.15) is 0 Å². The van der Waals surface area contributed by atoms with E-state index in [2.05, 4.69) is 67.5 Å². The van der Waals surface area contributed by atoms with Crippen molar-refractivity contribution in [3.05, 3.63) is 88.5 Å². The summed E-state index contributed by atoms with van der Waals surface area (Å²) in [5.41, 5.74) is 8.79. The van der Waals surface area contributed by atoms with E-state index in [1.165, 1.54) is 34.4 Å². The fraction of sp³-hybridized carbons (Fsp3) is 0.367. The molecule has 1 N–H and O–H groups in total. The highest BCUT2D eigenvalue weighted by Gasteiger charge is 2.49. The highest BCUT2D eigenvalue weighted by atomic mass is 16.1. The number of fused-ring (bicyclic) bond motifs is 2. The molecule has 1 aromatic carbocycles. The van der Waals surface area contributed by atoms with Crippen molar-refractivity contribution < 1.29 is 4.79 Å². The van der Waals surface area contributed by atoms with Crippen molar-refractivity contribution in [3.63, 3.8) is 0 Å². The van der Waals surface area contributed by atoms with Gasteiger partial charge in [-0.3, -0.25) is 9.78 Å². The van der Waals surface area contributed by atoms with E-state index in [9.17, 15) is 4.79 Å². The molecular weight excluding hydrogens is 418 g/mol. The Labute approximate surface area is 201 Å². The van der Waals surface area contributed by atoms with Crippen LogP contribution in [0.4, 0.5) is 5.82 Å². The average molecular weight is 450 g/mol. The lowest BCUT2D eigenvalue weighted by Gasteiger charge is -2.46. The minimum atomic E-state index is -0.510. The number of hydrogen-bond acceptors (Lipinski definition) is 4. The van der Waals surface area contributed by atoms with Crippen LogP contribution in [0.1, 0.15) is 68.8 Å². The number of allylic oxidation sites excluding steroid dienone is 2. The lowest BCUT2D eigenvalue weighted by Crippen LogP contribution is -2.43. The smallest absolute Gasteiger partial charge is 0.162 e.